The Balaban J connectivity index is 1.99. The summed E-state index contributed by atoms with van der Waals surface area (Å²) in [6.45, 7) is 0.339. The van der Waals surface area contributed by atoms with Gasteiger partial charge in [-0.2, -0.15) is 0 Å². The lowest BCUT2D eigenvalue weighted by Crippen LogP contribution is -2.41. The van der Waals surface area contributed by atoms with Crippen molar-refractivity contribution in [3.8, 4) is 5.75 Å². The molecule has 3 rings (SSSR count). The number of ether oxygens (including phenoxy) is 1. The summed E-state index contributed by atoms with van der Waals surface area (Å²) in [5.74, 6) is 0.592. The summed E-state index contributed by atoms with van der Waals surface area (Å²) < 4.78 is 23.0. The molecule has 0 aliphatic carbocycles. The normalized spacial score (nSPS) is 20.2. The SMILES string of the molecule is COCCS(=O)Oc1ccc(C2(c3cccc(Br)c3)N=C(N)N(C)C2=O)cc1. The minimum absolute atomic E-state index is 0.144. The monoisotopic (exact) mass is 465 g/mol. The van der Waals surface area contributed by atoms with Gasteiger partial charge in [-0.15, -0.1) is 0 Å². The Hall–Kier alpha value is -2.23. The molecule has 2 N–H and O–H groups in total. The van der Waals surface area contributed by atoms with Crippen LogP contribution in [0.3, 0.4) is 0 Å². The van der Waals surface area contributed by atoms with Crippen LogP contribution in [-0.4, -0.2) is 47.5 Å². The van der Waals surface area contributed by atoms with Gasteiger partial charge in [-0.25, -0.2) is 9.20 Å². The van der Waals surface area contributed by atoms with E-state index in [1.165, 1.54) is 12.0 Å². The van der Waals surface area contributed by atoms with Crippen LogP contribution in [0.15, 0.2) is 58.0 Å². The summed E-state index contributed by atoms with van der Waals surface area (Å²) in [5, 5.41) is 0. The molecule has 0 saturated carbocycles. The van der Waals surface area contributed by atoms with Crippen molar-refractivity contribution in [3.05, 3.63) is 64.1 Å². The highest BCUT2D eigenvalue weighted by molar-refractivity contribution is 9.10. The van der Waals surface area contributed by atoms with E-state index in [-0.39, 0.29) is 17.6 Å². The van der Waals surface area contributed by atoms with E-state index in [0.29, 0.717) is 23.5 Å². The molecule has 1 amide bonds. The van der Waals surface area contributed by atoms with Crippen LogP contribution in [-0.2, 0) is 26.2 Å². The molecular formula is C19H20BrN3O4S. The number of benzene rings is 2. The average molecular weight is 466 g/mol. The van der Waals surface area contributed by atoms with Crippen LogP contribution in [0.4, 0.5) is 0 Å². The maximum absolute atomic E-state index is 13.2. The van der Waals surface area contributed by atoms with Crippen molar-refractivity contribution in [2.45, 2.75) is 5.54 Å². The molecule has 1 aliphatic rings. The van der Waals surface area contributed by atoms with Crippen molar-refractivity contribution >= 4 is 38.9 Å². The second-order valence-electron chi connectivity index (χ2n) is 6.16. The number of amides is 1. The third-order valence-electron chi connectivity index (χ3n) is 4.40. The molecule has 0 bridgehead atoms. The van der Waals surface area contributed by atoms with E-state index in [2.05, 4.69) is 20.9 Å². The Morgan fingerprint density at radius 1 is 1.21 bits per heavy atom. The van der Waals surface area contributed by atoms with Gasteiger partial charge in [0.05, 0.1) is 12.4 Å². The molecule has 2 atom stereocenters. The molecule has 0 aromatic heterocycles. The number of hydrogen-bond acceptors (Lipinski definition) is 6. The minimum atomic E-state index is -1.50. The molecule has 28 heavy (non-hydrogen) atoms. The molecule has 2 unspecified atom stereocenters. The van der Waals surface area contributed by atoms with Gasteiger partial charge in [0.2, 0.25) is 11.1 Å². The van der Waals surface area contributed by atoms with Crippen molar-refractivity contribution in [1.29, 1.82) is 0 Å². The number of guanidine groups is 1. The molecule has 7 nitrogen and oxygen atoms in total. The van der Waals surface area contributed by atoms with Crippen LogP contribution in [0.25, 0.3) is 0 Å². The molecule has 1 heterocycles. The summed E-state index contributed by atoms with van der Waals surface area (Å²) in [6, 6.07) is 14.2. The second kappa shape index (κ2) is 8.42. The van der Waals surface area contributed by atoms with Crippen molar-refractivity contribution < 1.29 is 17.9 Å². The van der Waals surface area contributed by atoms with E-state index in [1.54, 1.807) is 31.3 Å². The predicted octanol–water partition coefficient (Wildman–Crippen LogP) is 2.17. The first-order chi connectivity index (χ1) is 13.4. The Bertz CT molecular complexity index is 935. The molecule has 9 heteroatoms. The van der Waals surface area contributed by atoms with Gasteiger partial charge in [0.1, 0.15) is 5.75 Å². The summed E-state index contributed by atoms with van der Waals surface area (Å²) >= 11 is 1.95. The van der Waals surface area contributed by atoms with Crippen molar-refractivity contribution in [2.24, 2.45) is 10.7 Å². The number of carbonyl (C=O) groups is 1. The van der Waals surface area contributed by atoms with Gasteiger partial charge in [-0.05, 0) is 35.4 Å². The first-order valence-electron chi connectivity index (χ1n) is 8.44. The van der Waals surface area contributed by atoms with Gasteiger partial charge >= 0.3 is 0 Å². The third-order valence-corrected chi connectivity index (χ3v) is 5.77. The summed E-state index contributed by atoms with van der Waals surface area (Å²) in [6.07, 6.45) is 0. The van der Waals surface area contributed by atoms with E-state index in [1.807, 2.05) is 24.3 Å². The zero-order valence-corrected chi connectivity index (χ0v) is 17.8. The number of rotatable bonds is 7. The summed E-state index contributed by atoms with van der Waals surface area (Å²) in [4.78, 5) is 19.0. The molecule has 148 valence electrons. The molecule has 0 fully saturated rings. The molecule has 2 aromatic rings. The van der Waals surface area contributed by atoms with Crippen LogP contribution >= 0.6 is 15.9 Å². The molecular weight excluding hydrogens is 446 g/mol. The smallest absolute Gasteiger partial charge is 0.266 e. The van der Waals surface area contributed by atoms with E-state index in [4.69, 9.17) is 14.7 Å². The van der Waals surface area contributed by atoms with Gasteiger partial charge in [-0.1, -0.05) is 40.2 Å². The van der Waals surface area contributed by atoms with Crippen LogP contribution < -0.4 is 9.92 Å². The average Bonchev–Trinajstić information content (AvgIpc) is 2.92. The fourth-order valence-corrected chi connectivity index (χ4v) is 4.06. The fourth-order valence-electron chi connectivity index (χ4n) is 2.95. The Labute approximate surface area is 174 Å². The topological polar surface area (TPSA) is 94.2 Å². The van der Waals surface area contributed by atoms with Crippen LogP contribution in [0.2, 0.25) is 0 Å². The highest BCUT2D eigenvalue weighted by atomic mass is 79.9. The van der Waals surface area contributed by atoms with Gasteiger partial charge in [0.15, 0.2) is 11.5 Å². The van der Waals surface area contributed by atoms with Crippen molar-refractivity contribution in [2.75, 3.05) is 26.5 Å². The molecule has 0 saturated heterocycles. The zero-order chi connectivity index (χ0) is 20.3. The van der Waals surface area contributed by atoms with Gasteiger partial charge in [0, 0.05) is 18.6 Å². The third kappa shape index (κ3) is 3.82. The second-order valence-corrected chi connectivity index (χ2v) is 8.26. The van der Waals surface area contributed by atoms with E-state index < -0.39 is 16.6 Å². The summed E-state index contributed by atoms with van der Waals surface area (Å²) in [5.41, 5.74) is 6.01. The fraction of sp³-hybridized carbons (Fsp3) is 0.263. The number of nitrogens with two attached hydrogens (primary N) is 1. The lowest BCUT2D eigenvalue weighted by molar-refractivity contribution is -0.129. The largest absolute Gasteiger partial charge is 0.400 e. The van der Waals surface area contributed by atoms with E-state index in [9.17, 15) is 9.00 Å². The van der Waals surface area contributed by atoms with E-state index in [0.717, 1.165) is 4.47 Å². The van der Waals surface area contributed by atoms with E-state index >= 15 is 0 Å². The molecule has 0 radical (unpaired) electrons. The molecule has 2 aromatic carbocycles. The standard InChI is InChI=1S/C19H20BrN3O4S/c1-23-17(24)19(22-18(23)21,14-4-3-5-15(20)12-14)13-6-8-16(9-7-13)27-28(25)11-10-26-2/h3-9,12H,10-11H2,1-2H3,(H2,21,22). The Morgan fingerprint density at radius 2 is 1.93 bits per heavy atom. The van der Waals surface area contributed by atoms with Crippen molar-refractivity contribution in [3.63, 3.8) is 0 Å². The number of halogens is 1. The quantitative estimate of drug-likeness (QED) is 0.675. The number of carbonyl (C=O) groups excluding carboxylic acids is 1. The summed E-state index contributed by atoms with van der Waals surface area (Å²) in [7, 11) is 3.13. The lowest BCUT2D eigenvalue weighted by atomic mass is 9.83. The number of hydrogen-bond donors (Lipinski definition) is 1. The van der Waals surface area contributed by atoms with Crippen LogP contribution in [0, 0.1) is 0 Å². The van der Waals surface area contributed by atoms with Gasteiger partial charge < -0.3 is 14.7 Å². The number of methoxy groups -OCH3 is 1. The van der Waals surface area contributed by atoms with Crippen LogP contribution in [0.1, 0.15) is 11.1 Å². The molecule has 0 spiro atoms. The van der Waals surface area contributed by atoms with Gasteiger partial charge in [0.25, 0.3) is 5.91 Å². The highest BCUT2D eigenvalue weighted by Gasteiger charge is 2.49. The number of nitrogens with zero attached hydrogens (tertiary/aromatic N) is 2. The first-order valence-corrected chi connectivity index (χ1v) is 10.5. The molecule has 1 aliphatic heterocycles. The number of aliphatic imine (C=N–C) groups is 1. The Kier molecular flexibility index (Phi) is 6.17. The van der Waals surface area contributed by atoms with Crippen LogP contribution in [0.5, 0.6) is 5.75 Å². The highest BCUT2D eigenvalue weighted by Crippen LogP contribution is 2.40. The maximum Gasteiger partial charge on any atom is 0.266 e. The first kappa shape index (κ1) is 20.5. The number of likely N-dealkylation sites (N-methyl/N-ethyl adjacent to an activating group) is 1. The lowest BCUT2D eigenvalue weighted by Gasteiger charge is -2.26. The minimum Gasteiger partial charge on any atom is -0.400 e. The predicted molar refractivity (Wildman–Crippen MR) is 111 cm³/mol. The van der Waals surface area contributed by atoms with Gasteiger partial charge in [-0.3, -0.25) is 9.69 Å². The zero-order valence-electron chi connectivity index (χ0n) is 15.4. The maximum atomic E-state index is 13.2. The Morgan fingerprint density at radius 3 is 2.50 bits per heavy atom. The van der Waals surface area contributed by atoms with Crippen molar-refractivity contribution in [1.82, 2.24) is 4.90 Å².